The molecule has 0 unspecified atom stereocenters. The minimum atomic E-state index is -3.80. The summed E-state index contributed by atoms with van der Waals surface area (Å²) in [5, 5.41) is 2.53. The third kappa shape index (κ3) is 6.12. The van der Waals surface area contributed by atoms with E-state index in [-0.39, 0.29) is 9.79 Å². The average molecular weight is 544 g/mol. The minimum absolute atomic E-state index is 0.0699. The second-order valence-corrected chi connectivity index (χ2v) is 12.6. The molecule has 0 bridgehead atoms. The van der Waals surface area contributed by atoms with Crippen molar-refractivity contribution in [1.82, 2.24) is 4.31 Å². The van der Waals surface area contributed by atoms with E-state index < -0.39 is 31.5 Å². The number of para-hydroxylation sites is 2. The number of ether oxygens (including phenoxy) is 1. The van der Waals surface area contributed by atoms with Gasteiger partial charge in [-0.1, -0.05) is 29.8 Å². The van der Waals surface area contributed by atoms with Gasteiger partial charge in [-0.05, 0) is 55.5 Å². The fourth-order valence-electron chi connectivity index (χ4n) is 4.12. The lowest BCUT2D eigenvalue weighted by Crippen LogP contribution is -2.48. The number of aryl methyl sites for hydroxylation is 1. The Hall–Kier alpha value is -3.41. The van der Waals surface area contributed by atoms with Gasteiger partial charge in [0.15, 0.2) is 9.84 Å². The number of carbonyl (C=O) groups excluding carboxylic acids is 1. The molecule has 0 radical (unpaired) electrons. The summed E-state index contributed by atoms with van der Waals surface area (Å²) in [7, 11) is -5.92. The van der Waals surface area contributed by atoms with Gasteiger partial charge in [-0.15, -0.1) is 0 Å². The largest absolute Gasteiger partial charge is 0.495 e. The van der Waals surface area contributed by atoms with Crippen molar-refractivity contribution in [1.29, 1.82) is 0 Å². The van der Waals surface area contributed by atoms with E-state index in [0.717, 1.165) is 17.0 Å². The van der Waals surface area contributed by atoms with Crippen LogP contribution in [-0.2, 0) is 24.7 Å². The monoisotopic (exact) mass is 543 g/mol. The number of sulfonamides is 1. The highest BCUT2D eigenvalue weighted by molar-refractivity contribution is 7.92. The van der Waals surface area contributed by atoms with Crippen molar-refractivity contribution in [3.8, 4) is 5.75 Å². The number of sulfone groups is 1. The molecule has 0 saturated carbocycles. The van der Waals surface area contributed by atoms with Crippen LogP contribution in [0.15, 0.2) is 82.6 Å². The number of rotatable bonds is 8. The van der Waals surface area contributed by atoms with Gasteiger partial charge in [-0.2, -0.15) is 4.31 Å². The van der Waals surface area contributed by atoms with Crippen LogP contribution in [0.5, 0.6) is 5.75 Å². The fourth-order valence-corrected chi connectivity index (χ4v) is 6.68. The Morgan fingerprint density at radius 2 is 1.43 bits per heavy atom. The van der Waals surface area contributed by atoms with Crippen LogP contribution in [0.3, 0.4) is 0 Å². The van der Waals surface area contributed by atoms with Crippen LogP contribution in [0.25, 0.3) is 0 Å². The third-order valence-electron chi connectivity index (χ3n) is 6.14. The number of anilines is 2. The molecule has 0 spiro atoms. The topological polar surface area (TPSA) is 113 Å². The number of nitrogens with one attached hydrogen (secondary N) is 1. The van der Waals surface area contributed by atoms with E-state index in [1.807, 2.05) is 31.2 Å². The Bertz CT molecular complexity index is 1460. The van der Waals surface area contributed by atoms with Gasteiger partial charge < -0.3 is 15.0 Å². The van der Waals surface area contributed by atoms with Crippen LogP contribution in [-0.4, -0.2) is 66.1 Å². The molecule has 3 aromatic rings. The van der Waals surface area contributed by atoms with Gasteiger partial charge >= 0.3 is 0 Å². The maximum absolute atomic E-state index is 13.2. The van der Waals surface area contributed by atoms with Gasteiger partial charge in [0.1, 0.15) is 11.5 Å². The number of nitrogens with zero attached hydrogens (tertiary/aromatic N) is 2. The smallest absolute Gasteiger partial charge is 0.243 e. The van der Waals surface area contributed by atoms with E-state index in [1.165, 1.54) is 40.7 Å². The van der Waals surface area contributed by atoms with E-state index >= 15 is 0 Å². The molecule has 37 heavy (non-hydrogen) atoms. The fraction of sp³-hybridized carbons (Fsp3) is 0.269. The first-order valence-electron chi connectivity index (χ1n) is 11.7. The summed E-state index contributed by atoms with van der Waals surface area (Å²) in [5.74, 6) is -0.682. The number of hydrogen-bond acceptors (Lipinski definition) is 7. The molecule has 1 amide bonds. The molecule has 1 saturated heterocycles. The van der Waals surface area contributed by atoms with Gasteiger partial charge in [0, 0.05) is 31.9 Å². The van der Waals surface area contributed by atoms with Gasteiger partial charge in [0.05, 0.1) is 22.6 Å². The number of methoxy groups -OCH3 is 1. The number of amides is 1. The number of carbonyl (C=O) groups is 1. The molecule has 0 atom stereocenters. The Balaban J connectivity index is 1.37. The molecule has 3 aromatic carbocycles. The highest BCUT2D eigenvalue weighted by atomic mass is 32.2. The third-order valence-corrected chi connectivity index (χ3v) is 9.69. The molecule has 0 aromatic heterocycles. The van der Waals surface area contributed by atoms with Gasteiger partial charge in [0.2, 0.25) is 15.9 Å². The van der Waals surface area contributed by atoms with E-state index in [1.54, 1.807) is 19.2 Å². The summed E-state index contributed by atoms with van der Waals surface area (Å²) in [6.45, 7) is 3.51. The first-order valence-corrected chi connectivity index (χ1v) is 14.8. The SMILES string of the molecule is COc1ccccc1N1CCN(S(=O)(=O)c2ccc(NC(=O)CS(=O)(=O)c3ccc(C)cc3)cc2)CC1. The normalized spacial score (nSPS) is 14.8. The lowest BCUT2D eigenvalue weighted by molar-refractivity contribution is -0.113. The summed E-state index contributed by atoms with van der Waals surface area (Å²) in [5.41, 5.74) is 2.15. The Morgan fingerprint density at radius 1 is 0.838 bits per heavy atom. The van der Waals surface area contributed by atoms with E-state index in [9.17, 15) is 21.6 Å². The molecule has 1 fully saturated rings. The molecule has 1 aliphatic heterocycles. The first-order chi connectivity index (χ1) is 17.6. The molecule has 9 nitrogen and oxygen atoms in total. The van der Waals surface area contributed by atoms with Crippen molar-refractivity contribution in [2.24, 2.45) is 0 Å². The molecule has 1 heterocycles. The second-order valence-electron chi connectivity index (χ2n) is 8.71. The predicted octanol–water partition coefficient (Wildman–Crippen LogP) is 2.93. The quantitative estimate of drug-likeness (QED) is 0.465. The standard InChI is InChI=1S/C26H29N3O6S2/c1-20-7-11-22(12-8-20)36(31,32)19-26(30)27-21-9-13-23(14-10-21)37(33,34)29-17-15-28(16-18-29)24-5-3-4-6-25(24)35-2/h3-14H,15-19H2,1-2H3,(H,27,30). The van der Waals surface area contributed by atoms with Crippen molar-refractivity contribution in [3.05, 3.63) is 78.4 Å². The number of piperazine rings is 1. The van der Waals surface area contributed by atoms with Gasteiger partial charge in [-0.3, -0.25) is 4.79 Å². The van der Waals surface area contributed by atoms with E-state index in [4.69, 9.17) is 4.74 Å². The van der Waals surface area contributed by atoms with Crippen LogP contribution in [0, 0.1) is 6.92 Å². The summed E-state index contributed by atoms with van der Waals surface area (Å²) in [4.78, 5) is 14.6. The van der Waals surface area contributed by atoms with Gasteiger partial charge in [0.25, 0.3) is 0 Å². The van der Waals surface area contributed by atoms with Gasteiger partial charge in [-0.25, -0.2) is 16.8 Å². The molecular formula is C26H29N3O6S2. The maximum atomic E-state index is 13.2. The van der Waals surface area contributed by atoms with Crippen LogP contribution in [0.1, 0.15) is 5.56 Å². The molecule has 1 aliphatic rings. The molecule has 1 N–H and O–H groups in total. The maximum Gasteiger partial charge on any atom is 0.243 e. The predicted molar refractivity (Wildman–Crippen MR) is 142 cm³/mol. The molecule has 4 rings (SSSR count). The highest BCUT2D eigenvalue weighted by Crippen LogP contribution is 2.29. The zero-order valence-corrected chi connectivity index (χ0v) is 22.3. The summed E-state index contributed by atoms with van der Waals surface area (Å²) in [6.07, 6.45) is 0. The van der Waals surface area contributed by atoms with Crippen molar-refractivity contribution in [2.45, 2.75) is 16.7 Å². The molecular weight excluding hydrogens is 514 g/mol. The summed E-state index contributed by atoms with van der Waals surface area (Å²) in [6, 6.07) is 19.6. The first kappa shape index (κ1) is 26.6. The Labute approximate surface area is 217 Å². The van der Waals surface area contributed by atoms with Crippen molar-refractivity contribution in [2.75, 3.05) is 49.3 Å². The van der Waals surface area contributed by atoms with Crippen LogP contribution >= 0.6 is 0 Å². The number of benzene rings is 3. The zero-order valence-electron chi connectivity index (χ0n) is 20.6. The summed E-state index contributed by atoms with van der Waals surface area (Å²) >= 11 is 0. The molecule has 11 heteroatoms. The van der Waals surface area contributed by atoms with E-state index in [2.05, 4.69) is 10.2 Å². The van der Waals surface area contributed by atoms with E-state index in [0.29, 0.717) is 31.9 Å². The summed E-state index contributed by atoms with van der Waals surface area (Å²) < 4.78 is 58.2. The lowest BCUT2D eigenvalue weighted by atomic mass is 10.2. The second kappa shape index (κ2) is 10.9. The zero-order chi connectivity index (χ0) is 26.6. The molecule has 0 aliphatic carbocycles. The van der Waals surface area contributed by atoms with Crippen LogP contribution in [0.4, 0.5) is 11.4 Å². The Kier molecular flexibility index (Phi) is 7.86. The van der Waals surface area contributed by atoms with Crippen molar-refractivity contribution in [3.63, 3.8) is 0 Å². The number of hydrogen-bond donors (Lipinski definition) is 1. The van der Waals surface area contributed by atoms with Crippen molar-refractivity contribution >= 4 is 37.1 Å². The lowest BCUT2D eigenvalue weighted by Gasteiger charge is -2.35. The average Bonchev–Trinajstić information content (AvgIpc) is 2.89. The van der Waals surface area contributed by atoms with Crippen molar-refractivity contribution < 1.29 is 26.4 Å². The minimum Gasteiger partial charge on any atom is -0.495 e. The molecule has 196 valence electrons. The highest BCUT2D eigenvalue weighted by Gasteiger charge is 2.29. The van der Waals surface area contributed by atoms with Crippen LogP contribution < -0.4 is 15.0 Å². The van der Waals surface area contributed by atoms with Crippen LogP contribution in [0.2, 0.25) is 0 Å². The Morgan fingerprint density at radius 3 is 2.05 bits per heavy atom.